The van der Waals surface area contributed by atoms with Gasteiger partial charge in [0.15, 0.2) is 0 Å². The molecule has 13 heavy (non-hydrogen) atoms. The fourth-order valence-electron chi connectivity index (χ4n) is 0.820. The Bertz CT molecular complexity index is 323. The number of phenolic OH excluding ortho intramolecular Hbond substituents is 1. The van der Waals surface area contributed by atoms with E-state index in [1.54, 1.807) is 12.1 Å². The Morgan fingerprint density at radius 3 is 2.92 bits per heavy atom. The van der Waals surface area contributed by atoms with Crippen molar-refractivity contribution in [2.24, 2.45) is 5.11 Å². The summed E-state index contributed by atoms with van der Waals surface area (Å²) in [7, 11) is 0. The van der Waals surface area contributed by atoms with Gasteiger partial charge in [-0.1, -0.05) is 17.2 Å². The van der Waals surface area contributed by atoms with Crippen molar-refractivity contribution >= 4 is 11.8 Å². The highest BCUT2D eigenvalue weighted by Gasteiger charge is 1.98. The van der Waals surface area contributed by atoms with Crippen LogP contribution in [0.3, 0.4) is 0 Å². The number of rotatable bonds is 4. The summed E-state index contributed by atoms with van der Waals surface area (Å²) in [5.74, 6) is 0.954. The number of hydrogen-bond donors (Lipinski definition) is 1. The Morgan fingerprint density at radius 2 is 2.23 bits per heavy atom. The second kappa shape index (κ2) is 5.35. The summed E-state index contributed by atoms with van der Waals surface area (Å²) in [6, 6.07) is 7.09. The van der Waals surface area contributed by atoms with Crippen molar-refractivity contribution in [3.8, 4) is 5.75 Å². The van der Waals surface area contributed by atoms with E-state index < -0.39 is 0 Å². The molecule has 0 atom stereocenters. The van der Waals surface area contributed by atoms with Crippen LogP contribution in [0.5, 0.6) is 5.75 Å². The fourth-order valence-corrected chi connectivity index (χ4v) is 1.60. The molecular weight excluding hydrogens is 186 g/mol. The Labute approximate surface area is 80.2 Å². The largest absolute Gasteiger partial charge is 0.507 e. The molecule has 1 N–H and O–H groups in total. The van der Waals surface area contributed by atoms with E-state index in [1.165, 1.54) is 11.8 Å². The lowest BCUT2D eigenvalue weighted by Gasteiger charge is -2.00. The number of para-hydroxylation sites is 1. The molecule has 1 aromatic carbocycles. The third kappa shape index (κ3) is 3.27. The van der Waals surface area contributed by atoms with Gasteiger partial charge in [0.25, 0.3) is 0 Å². The van der Waals surface area contributed by atoms with E-state index in [4.69, 9.17) is 5.53 Å². The third-order valence-corrected chi connectivity index (χ3v) is 2.42. The zero-order valence-corrected chi connectivity index (χ0v) is 7.74. The van der Waals surface area contributed by atoms with Crippen LogP contribution in [0.4, 0.5) is 0 Å². The van der Waals surface area contributed by atoms with Gasteiger partial charge in [-0.3, -0.25) is 0 Å². The maximum absolute atomic E-state index is 9.34. The molecule has 68 valence electrons. The number of benzene rings is 1. The minimum atomic E-state index is 0.272. The quantitative estimate of drug-likeness (QED) is 0.264. The first-order chi connectivity index (χ1) is 6.34. The predicted molar refractivity (Wildman–Crippen MR) is 52.8 cm³/mol. The Balaban J connectivity index is 2.45. The van der Waals surface area contributed by atoms with Crippen molar-refractivity contribution < 1.29 is 5.11 Å². The van der Waals surface area contributed by atoms with Crippen LogP contribution in [0.1, 0.15) is 0 Å². The Morgan fingerprint density at radius 1 is 1.46 bits per heavy atom. The summed E-state index contributed by atoms with van der Waals surface area (Å²) in [6.45, 7) is 0.440. The molecule has 1 aromatic rings. The van der Waals surface area contributed by atoms with Crippen LogP contribution in [0, 0.1) is 0 Å². The summed E-state index contributed by atoms with van der Waals surface area (Å²) < 4.78 is 0. The van der Waals surface area contributed by atoms with E-state index in [9.17, 15) is 5.11 Å². The maximum atomic E-state index is 9.34. The summed E-state index contributed by atoms with van der Waals surface area (Å²) in [6.07, 6.45) is 0. The summed E-state index contributed by atoms with van der Waals surface area (Å²) in [5, 5.41) is 12.7. The summed E-state index contributed by atoms with van der Waals surface area (Å²) >= 11 is 1.47. The number of hydrogen-bond acceptors (Lipinski definition) is 3. The van der Waals surface area contributed by atoms with Crippen LogP contribution in [0.2, 0.25) is 0 Å². The summed E-state index contributed by atoms with van der Waals surface area (Å²) in [5.41, 5.74) is 8.02. The van der Waals surface area contributed by atoms with Crippen molar-refractivity contribution in [3.05, 3.63) is 34.7 Å². The number of thioether (sulfide) groups is 1. The van der Waals surface area contributed by atoms with Crippen molar-refractivity contribution in [3.63, 3.8) is 0 Å². The molecule has 0 saturated heterocycles. The number of azide groups is 1. The molecule has 0 radical (unpaired) electrons. The topological polar surface area (TPSA) is 69.0 Å². The first-order valence-electron chi connectivity index (χ1n) is 3.76. The predicted octanol–water partition coefficient (Wildman–Crippen LogP) is 2.79. The fraction of sp³-hybridized carbons (Fsp3) is 0.250. The zero-order valence-electron chi connectivity index (χ0n) is 6.92. The van der Waals surface area contributed by atoms with Gasteiger partial charge in [-0.25, -0.2) is 0 Å². The number of aromatic hydroxyl groups is 1. The molecule has 1 rings (SSSR count). The van der Waals surface area contributed by atoms with E-state index in [0.29, 0.717) is 12.3 Å². The SMILES string of the molecule is [N-]=[N+]=NCCSc1ccccc1O. The lowest BCUT2D eigenvalue weighted by Crippen LogP contribution is -1.83. The van der Waals surface area contributed by atoms with E-state index >= 15 is 0 Å². The molecule has 0 aliphatic carbocycles. The smallest absolute Gasteiger partial charge is 0.129 e. The van der Waals surface area contributed by atoms with Crippen LogP contribution in [-0.2, 0) is 0 Å². The van der Waals surface area contributed by atoms with Crippen LogP contribution in [-0.4, -0.2) is 17.4 Å². The Kier molecular flexibility index (Phi) is 4.02. The lowest BCUT2D eigenvalue weighted by molar-refractivity contribution is 0.462. The van der Waals surface area contributed by atoms with Gasteiger partial charge in [-0.2, -0.15) is 0 Å². The molecule has 0 bridgehead atoms. The molecule has 0 aliphatic rings. The second-order valence-electron chi connectivity index (χ2n) is 2.27. The molecule has 0 spiro atoms. The average Bonchev–Trinajstić information content (AvgIpc) is 2.15. The van der Waals surface area contributed by atoms with Gasteiger partial charge in [0.05, 0.1) is 0 Å². The highest BCUT2D eigenvalue weighted by Crippen LogP contribution is 2.27. The highest BCUT2D eigenvalue weighted by atomic mass is 32.2. The second-order valence-corrected chi connectivity index (χ2v) is 3.41. The van der Waals surface area contributed by atoms with Crippen LogP contribution >= 0.6 is 11.8 Å². The first-order valence-corrected chi connectivity index (χ1v) is 4.75. The van der Waals surface area contributed by atoms with E-state index in [0.717, 1.165) is 4.90 Å². The monoisotopic (exact) mass is 195 g/mol. The normalized spacial score (nSPS) is 9.23. The minimum absolute atomic E-state index is 0.272. The molecular formula is C8H9N3OS. The molecule has 0 saturated carbocycles. The molecule has 0 heterocycles. The van der Waals surface area contributed by atoms with Crippen molar-refractivity contribution in [1.29, 1.82) is 0 Å². The summed E-state index contributed by atoms with van der Waals surface area (Å²) in [4.78, 5) is 3.45. The number of nitrogens with zero attached hydrogens (tertiary/aromatic N) is 3. The van der Waals surface area contributed by atoms with Crippen LogP contribution in [0.15, 0.2) is 34.3 Å². The first kappa shape index (κ1) is 9.77. The van der Waals surface area contributed by atoms with Crippen molar-refractivity contribution in [1.82, 2.24) is 0 Å². The van der Waals surface area contributed by atoms with E-state index in [2.05, 4.69) is 10.0 Å². The Hall–Kier alpha value is -1.32. The maximum Gasteiger partial charge on any atom is 0.129 e. The van der Waals surface area contributed by atoms with Crippen molar-refractivity contribution in [2.45, 2.75) is 4.90 Å². The van der Waals surface area contributed by atoms with Gasteiger partial charge in [-0.15, -0.1) is 11.8 Å². The van der Waals surface area contributed by atoms with Gasteiger partial charge in [0.1, 0.15) is 5.75 Å². The van der Waals surface area contributed by atoms with Gasteiger partial charge < -0.3 is 5.11 Å². The van der Waals surface area contributed by atoms with Gasteiger partial charge >= 0.3 is 0 Å². The molecule has 0 unspecified atom stereocenters. The average molecular weight is 195 g/mol. The molecule has 5 heteroatoms. The van der Waals surface area contributed by atoms with Gasteiger partial charge in [0, 0.05) is 22.1 Å². The third-order valence-electron chi connectivity index (χ3n) is 1.38. The van der Waals surface area contributed by atoms with E-state index in [1.807, 2.05) is 12.1 Å². The highest BCUT2D eigenvalue weighted by molar-refractivity contribution is 7.99. The van der Waals surface area contributed by atoms with E-state index in [-0.39, 0.29) is 5.75 Å². The van der Waals surface area contributed by atoms with Gasteiger partial charge in [0.2, 0.25) is 0 Å². The van der Waals surface area contributed by atoms with Crippen LogP contribution < -0.4 is 0 Å². The number of phenols is 1. The minimum Gasteiger partial charge on any atom is -0.507 e. The van der Waals surface area contributed by atoms with Crippen LogP contribution in [0.25, 0.3) is 10.4 Å². The lowest BCUT2D eigenvalue weighted by atomic mass is 10.3. The molecule has 4 nitrogen and oxygen atoms in total. The molecule has 0 aromatic heterocycles. The molecule has 0 fully saturated rings. The molecule has 0 amide bonds. The zero-order chi connectivity index (χ0) is 9.52. The molecule has 0 aliphatic heterocycles. The van der Waals surface area contributed by atoms with Gasteiger partial charge in [-0.05, 0) is 17.7 Å². The van der Waals surface area contributed by atoms with Crippen molar-refractivity contribution in [2.75, 3.05) is 12.3 Å². The standard InChI is InChI=1S/C8H9N3OS/c9-11-10-5-6-13-8-4-2-1-3-7(8)12/h1-4,12H,5-6H2.